The minimum Gasteiger partial charge on any atom is -0.379 e. The molecule has 0 radical (unpaired) electrons. The van der Waals surface area contributed by atoms with Crippen LogP contribution in [0, 0.1) is 0 Å². The third-order valence-electron chi connectivity index (χ3n) is 5.50. The van der Waals surface area contributed by atoms with E-state index in [9.17, 15) is 0 Å². The molecule has 0 N–H and O–H groups in total. The van der Waals surface area contributed by atoms with Crippen molar-refractivity contribution in [1.29, 1.82) is 0 Å². The van der Waals surface area contributed by atoms with Crippen LogP contribution < -0.4 is 0 Å². The molecule has 0 amide bonds. The smallest absolute Gasteiger partial charge is 0.0825 e. The van der Waals surface area contributed by atoms with E-state index in [4.69, 9.17) is 9.47 Å². The highest BCUT2D eigenvalue weighted by Gasteiger charge is 2.43. The van der Waals surface area contributed by atoms with Crippen molar-refractivity contribution in [3.63, 3.8) is 0 Å². The Morgan fingerprint density at radius 1 is 1.17 bits per heavy atom. The summed E-state index contributed by atoms with van der Waals surface area (Å²) in [5.74, 6) is 0. The summed E-state index contributed by atoms with van der Waals surface area (Å²) in [5, 5.41) is 2.18. The van der Waals surface area contributed by atoms with Gasteiger partial charge in [-0.3, -0.25) is 9.80 Å². The summed E-state index contributed by atoms with van der Waals surface area (Å²) in [5.41, 5.74) is 0.131. The van der Waals surface area contributed by atoms with Crippen molar-refractivity contribution >= 4 is 11.3 Å². The minimum atomic E-state index is 0.131. The third-order valence-corrected chi connectivity index (χ3v) is 6.36. The molecule has 4 heterocycles. The highest BCUT2D eigenvalue weighted by Crippen LogP contribution is 2.37. The van der Waals surface area contributed by atoms with Crippen molar-refractivity contribution < 1.29 is 9.47 Å². The number of rotatable bonds is 4. The topological polar surface area (TPSA) is 24.9 Å². The van der Waals surface area contributed by atoms with Gasteiger partial charge in [-0.25, -0.2) is 0 Å². The van der Waals surface area contributed by atoms with Gasteiger partial charge in [-0.15, -0.1) is 11.3 Å². The SMILES string of the molecule is c1csc(CN2CC[C@@]3(CCC[C@@H](CN4CCOCC4)O3)C2)c1. The average molecular weight is 337 g/mol. The van der Waals surface area contributed by atoms with Gasteiger partial charge in [-0.1, -0.05) is 6.07 Å². The Kier molecular flexibility index (Phi) is 5.02. The summed E-state index contributed by atoms with van der Waals surface area (Å²) in [6.45, 7) is 8.38. The van der Waals surface area contributed by atoms with Crippen LogP contribution in [0.1, 0.15) is 30.6 Å². The van der Waals surface area contributed by atoms with Gasteiger partial charge in [-0.05, 0) is 37.1 Å². The molecular weight excluding hydrogens is 308 g/mol. The van der Waals surface area contributed by atoms with E-state index >= 15 is 0 Å². The number of ether oxygens (including phenoxy) is 2. The Morgan fingerprint density at radius 2 is 2.09 bits per heavy atom. The van der Waals surface area contributed by atoms with Crippen LogP contribution in [0.3, 0.4) is 0 Å². The van der Waals surface area contributed by atoms with E-state index in [0.29, 0.717) is 6.10 Å². The fourth-order valence-corrected chi connectivity index (χ4v) is 5.06. The molecule has 23 heavy (non-hydrogen) atoms. The van der Waals surface area contributed by atoms with Crippen LogP contribution in [0.2, 0.25) is 0 Å². The maximum absolute atomic E-state index is 6.67. The standard InChI is InChI=1S/C18H28N2O2S/c1-3-16(13-19-8-10-21-11-9-19)22-18(5-1)6-7-20(15-18)14-17-4-2-12-23-17/h2,4,12,16H,1,3,5-11,13-15H2/t16-,18-/m0/s1. The number of hydrogen-bond acceptors (Lipinski definition) is 5. The lowest BCUT2D eigenvalue weighted by atomic mass is 9.90. The van der Waals surface area contributed by atoms with Gasteiger partial charge < -0.3 is 9.47 Å². The van der Waals surface area contributed by atoms with Crippen molar-refractivity contribution in [2.45, 2.75) is 43.9 Å². The van der Waals surface area contributed by atoms with Crippen LogP contribution in [0.5, 0.6) is 0 Å². The van der Waals surface area contributed by atoms with Gasteiger partial charge in [0.15, 0.2) is 0 Å². The monoisotopic (exact) mass is 336 g/mol. The summed E-state index contributed by atoms with van der Waals surface area (Å²) in [7, 11) is 0. The van der Waals surface area contributed by atoms with E-state index in [1.807, 2.05) is 11.3 Å². The molecule has 0 aliphatic carbocycles. The third kappa shape index (κ3) is 3.97. The molecule has 1 spiro atoms. The molecule has 3 fully saturated rings. The van der Waals surface area contributed by atoms with Crippen molar-refractivity contribution in [1.82, 2.24) is 9.80 Å². The lowest BCUT2D eigenvalue weighted by Gasteiger charge is -2.41. The molecule has 128 valence electrons. The van der Waals surface area contributed by atoms with Crippen LogP contribution in [0.25, 0.3) is 0 Å². The first kappa shape index (κ1) is 16.0. The predicted molar refractivity (Wildman–Crippen MR) is 92.9 cm³/mol. The molecule has 1 aromatic heterocycles. The molecule has 3 saturated heterocycles. The maximum Gasteiger partial charge on any atom is 0.0825 e. The lowest BCUT2D eigenvalue weighted by molar-refractivity contribution is -0.132. The molecule has 0 saturated carbocycles. The molecule has 0 aromatic carbocycles. The van der Waals surface area contributed by atoms with Crippen LogP contribution >= 0.6 is 11.3 Å². The molecule has 2 atom stereocenters. The summed E-state index contributed by atoms with van der Waals surface area (Å²) in [6.07, 6.45) is 5.42. The van der Waals surface area contributed by atoms with Crippen molar-refractivity contribution in [3.05, 3.63) is 22.4 Å². The first-order valence-electron chi connectivity index (χ1n) is 9.04. The Balaban J connectivity index is 1.31. The quantitative estimate of drug-likeness (QED) is 0.844. The predicted octanol–water partition coefficient (Wildman–Crippen LogP) is 2.59. The number of hydrogen-bond donors (Lipinski definition) is 0. The number of nitrogens with zero attached hydrogens (tertiary/aromatic N) is 2. The lowest BCUT2D eigenvalue weighted by Crippen LogP contribution is -2.48. The van der Waals surface area contributed by atoms with E-state index in [2.05, 4.69) is 27.3 Å². The van der Waals surface area contributed by atoms with Gasteiger partial charge in [0.25, 0.3) is 0 Å². The summed E-state index contributed by atoms with van der Waals surface area (Å²) < 4.78 is 12.1. The van der Waals surface area contributed by atoms with E-state index < -0.39 is 0 Å². The average Bonchev–Trinajstić information content (AvgIpc) is 3.20. The molecule has 0 bridgehead atoms. The molecule has 4 rings (SSSR count). The van der Waals surface area contributed by atoms with E-state index in [-0.39, 0.29) is 5.60 Å². The van der Waals surface area contributed by atoms with Crippen LogP contribution in [-0.2, 0) is 16.0 Å². The Bertz CT molecular complexity index is 489. The summed E-state index contributed by atoms with van der Waals surface area (Å²) in [4.78, 5) is 6.58. The zero-order valence-electron chi connectivity index (χ0n) is 13.9. The molecule has 4 nitrogen and oxygen atoms in total. The molecule has 0 unspecified atom stereocenters. The maximum atomic E-state index is 6.67. The Hall–Kier alpha value is -0.460. The van der Waals surface area contributed by atoms with Crippen LogP contribution in [-0.4, -0.2) is 67.4 Å². The molecule has 3 aliphatic rings. The van der Waals surface area contributed by atoms with Crippen LogP contribution in [0.15, 0.2) is 17.5 Å². The fraction of sp³-hybridized carbons (Fsp3) is 0.778. The number of thiophene rings is 1. The number of likely N-dealkylation sites (tertiary alicyclic amines) is 1. The largest absolute Gasteiger partial charge is 0.379 e. The van der Waals surface area contributed by atoms with E-state index in [1.165, 1.54) is 37.1 Å². The fourth-order valence-electron chi connectivity index (χ4n) is 4.31. The number of morpholine rings is 1. The second-order valence-corrected chi connectivity index (χ2v) is 8.30. The summed E-state index contributed by atoms with van der Waals surface area (Å²) >= 11 is 1.87. The van der Waals surface area contributed by atoms with Gasteiger partial charge in [0.2, 0.25) is 0 Å². The van der Waals surface area contributed by atoms with Gasteiger partial charge in [0, 0.05) is 44.1 Å². The van der Waals surface area contributed by atoms with Gasteiger partial charge in [-0.2, -0.15) is 0 Å². The Labute approximate surface area is 143 Å². The highest BCUT2D eigenvalue weighted by molar-refractivity contribution is 7.09. The first-order valence-corrected chi connectivity index (χ1v) is 9.92. The highest BCUT2D eigenvalue weighted by atomic mass is 32.1. The minimum absolute atomic E-state index is 0.131. The second-order valence-electron chi connectivity index (χ2n) is 7.27. The molecule has 1 aromatic rings. The van der Waals surface area contributed by atoms with Gasteiger partial charge >= 0.3 is 0 Å². The molecular formula is C18H28N2O2S. The van der Waals surface area contributed by atoms with Crippen molar-refractivity contribution in [2.24, 2.45) is 0 Å². The van der Waals surface area contributed by atoms with Crippen molar-refractivity contribution in [3.8, 4) is 0 Å². The second kappa shape index (κ2) is 7.19. The van der Waals surface area contributed by atoms with Gasteiger partial charge in [0.05, 0.1) is 24.9 Å². The first-order chi connectivity index (χ1) is 11.3. The van der Waals surface area contributed by atoms with Crippen LogP contribution in [0.4, 0.5) is 0 Å². The van der Waals surface area contributed by atoms with Crippen molar-refractivity contribution in [2.75, 3.05) is 45.9 Å². The van der Waals surface area contributed by atoms with E-state index in [1.54, 1.807) is 0 Å². The van der Waals surface area contributed by atoms with E-state index in [0.717, 1.165) is 45.9 Å². The normalized spacial score (nSPS) is 33.5. The van der Waals surface area contributed by atoms with Gasteiger partial charge in [0.1, 0.15) is 0 Å². The summed E-state index contributed by atoms with van der Waals surface area (Å²) in [6, 6.07) is 4.40. The zero-order chi connectivity index (χ0) is 15.5. The molecule has 3 aliphatic heterocycles. The zero-order valence-corrected chi connectivity index (χ0v) is 14.7. The molecule has 5 heteroatoms. The Morgan fingerprint density at radius 3 is 2.91 bits per heavy atom.